The van der Waals surface area contributed by atoms with Gasteiger partial charge < -0.3 is 10.1 Å². The van der Waals surface area contributed by atoms with E-state index in [1.54, 1.807) is 0 Å². The van der Waals surface area contributed by atoms with E-state index in [0.717, 1.165) is 0 Å². The van der Waals surface area contributed by atoms with Crippen LogP contribution in [0.25, 0.3) is 0 Å². The number of nitrogens with zero attached hydrogens (tertiary/aromatic N) is 1. The molecule has 1 aromatic rings. The van der Waals surface area contributed by atoms with Crippen LogP contribution in [0.1, 0.15) is 22.8 Å². The Morgan fingerprint density at radius 2 is 2.11 bits per heavy atom. The van der Waals surface area contributed by atoms with E-state index in [2.05, 4.69) is 10.1 Å². The molecule has 0 saturated carbocycles. The van der Waals surface area contributed by atoms with Crippen molar-refractivity contribution in [1.82, 2.24) is 0 Å². The molecule has 0 radical (unpaired) electrons. The van der Waals surface area contributed by atoms with Gasteiger partial charge in [0.25, 0.3) is 0 Å². The number of hydrogen-bond donors (Lipinski definition) is 1. The van der Waals surface area contributed by atoms with Gasteiger partial charge in [-0.15, -0.1) is 0 Å². The number of amides is 1. The van der Waals surface area contributed by atoms with Crippen molar-refractivity contribution in [3.63, 3.8) is 0 Å². The van der Waals surface area contributed by atoms with Gasteiger partial charge in [0.05, 0.1) is 12.7 Å². The number of hydrogen-bond acceptors (Lipinski definition) is 5. The van der Waals surface area contributed by atoms with Gasteiger partial charge in [-0.05, 0) is 23.8 Å². The number of carbonyl (C=O) groups excluding carboxylic acids is 2. The second kappa shape index (κ2) is 6.48. The summed E-state index contributed by atoms with van der Waals surface area (Å²) < 4.78 is 4.58. The number of anilines is 1. The molecule has 0 unspecified atom stereocenters. The van der Waals surface area contributed by atoms with E-state index in [4.69, 9.17) is 0 Å². The summed E-state index contributed by atoms with van der Waals surface area (Å²) >= 11 is 0. The number of rotatable bonds is 5. The van der Waals surface area contributed by atoms with Crippen molar-refractivity contribution < 1.29 is 19.2 Å². The SMILES string of the molecule is COC(=O)c1ccc(NC(C)=O)c(CC[N+](=O)[O-])c1. The van der Waals surface area contributed by atoms with Crippen LogP contribution in [0.15, 0.2) is 18.2 Å². The lowest BCUT2D eigenvalue weighted by Crippen LogP contribution is -2.12. The second-order valence-corrected chi connectivity index (χ2v) is 3.85. The Kier molecular flexibility index (Phi) is 4.99. The molecule has 1 N–H and O–H groups in total. The molecule has 0 fully saturated rings. The van der Waals surface area contributed by atoms with Gasteiger partial charge in [-0.3, -0.25) is 14.9 Å². The number of esters is 1. The van der Waals surface area contributed by atoms with Gasteiger partial charge in [0.2, 0.25) is 12.5 Å². The molecule has 0 saturated heterocycles. The van der Waals surface area contributed by atoms with Gasteiger partial charge in [-0.2, -0.15) is 0 Å². The first kappa shape index (κ1) is 14.6. The summed E-state index contributed by atoms with van der Waals surface area (Å²) in [6.07, 6.45) is 0.118. The Morgan fingerprint density at radius 1 is 1.42 bits per heavy atom. The zero-order valence-electron chi connectivity index (χ0n) is 10.6. The van der Waals surface area contributed by atoms with Crippen LogP contribution in [0.4, 0.5) is 5.69 Å². The smallest absolute Gasteiger partial charge is 0.337 e. The second-order valence-electron chi connectivity index (χ2n) is 3.85. The zero-order chi connectivity index (χ0) is 14.4. The molecule has 7 nitrogen and oxygen atoms in total. The van der Waals surface area contributed by atoms with Gasteiger partial charge in [0, 0.05) is 24.0 Å². The maximum atomic E-state index is 11.4. The molecular weight excluding hydrogens is 252 g/mol. The third kappa shape index (κ3) is 4.38. The van der Waals surface area contributed by atoms with Crippen molar-refractivity contribution in [2.24, 2.45) is 0 Å². The van der Waals surface area contributed by atoms with Crippen molar-refractivity contribution in [2.75, 3.05) is 19.0 Å². The minimum Gasteiger partial charge on any atom is -0.465 e. The van der Waals surface area contributed by atoms with E-state index in [9.17, 15) is 19.7 Å². The van der Waals surface area contributed by atoms with Crippen LogP contribution in [0.5, 0.6) is 0 Å². The van der Waals surface area contributed by atoms with Gasteiger partial charge >= 0.3 is 5.97 Å². The molecule has 0 heterocycles. The van der Waals surface area contributed by atoms with Crippen LogP contribution >= 0.6 is 0 Å². The van der Waals surface area contributed by atoms with Crippen LogP contribution in [0.3, 0.4) is 0 Å². The summed E-state index contributed by atoms with van der Waals surface area (Å²) in [5.74, 6) is -0.815. The normalized spacial score (nSPS) is 9.79. The highest BCUT2D eigenvalue weighted by atomic mass is 16.6. The molecule has 0 aromatic heterocycles. The Labute approximate surface area is 109 Å². The number of nitrogens with one attached hydrogen (secondary N) is 1. The van der Waals surface area contributed by atoms with E-state index in [0.29, 0.717) is 11.3 Å². The van der Waals surface area contributed by atoms with Gasteiger partial charge in [-0.1, -0.05) is 0 Å². The third-order valence-corrected chi connectivity index (χ3v) is 2.40. The van der Waals surface area contributed by atoms with Crippen LogP contribution < -0.4 is 5.32 Å². The molecule has 0 atom stereocenters. The Bertz CT molecular complexity index is 513. The molecule has 1 rings (SSSR count). The highest BCUT2D eigenvalue weighted by Crippen LogP contribution is 2.19. The minimum atomic E-state index is -0.531. The Hall–Kier alpha value is -2.44. The maximum absolute atomic E-state index is 11.4. The zero-order valence-corrected chi connectivity index (χ0v) is 10.6. The lowest BCUT2D eigenvalue weighted by Gasteiger charge is -2.10. The molecule has 1 amide bonds. The highest BCUT2D eigenvalue weighted by Gasteiger charge is 2.12. The highest BCUT2D eigenvalue weighted by molar-refractivity contribution is 5.93. The van der Waals surface area contributed by atoms with Crippen LogP contribution in [-0.2, 0) is 16.0 Å². The van der Waals surface area contributed by atoms with Gasteiger partial charge in [-0.25, -0.2) is 4.79 Å². The monoisotopic (exact) mass is 266 g/mol. The number of benzene rings is 1. The standard InChI is InChI=1S/C12H14N2O5/c1-8(15)13-11-4-3-10(12(16)19-2)7-9(11)5-6-14(17)18/h3-4,7H,5-6H2,1-2H3,(H,13,15). The molecule has 0 aliphatic rings. The average molecular weight is 266 g/mol. The summed E-state index contributed by atoms with van der Waals surface area (Å²) in [5.41, 5.74) is 1.27. The van der Waals surface area contributed by atoms with Gasteiger partial charge in [0.15, 0.2) is 0 Å². The van der Waals surface area contributed by atoms with E-state index < -0.39 is 10.9 Å². The molecular formula is C12H14N2O5. The average Bonchev–Trinajstić information content (AvgIpc) is 2.35. The summed E-state index contributed by atoms with van der Waals surface area (Å²) in [6, 6.07) is 4.51. The van der Waals surface area contributed by atoms with E-state index >= 15 is 0 Å². The fourth-order valence-corrected chi connectivity index (χ4v) is 1.57. The molecule has 1 aromatic carbocycles. The van der Waals surface area contributed by atoms with E-state index in [1.807, 2.05) is 0 Å². The molecule has 0 spiro atoms. The quantitative estimate of drug-likeness (QED) is 0.491. The van der Waals surface area contributed by atoms with E-state index in [1.165, 1.54) is 32.2 Å². The summed E-state index contributed by atoms with van der Waals surface area (Å²) in [4.78, 5) is 32.4. The fourth-order valence-electron chi connectivity index (χ4n) is 1.57. The first-order valence-electron chi connectivity index (χ1n) is 5.54. The molecule has 0 aliphatic carbocycles. The predicted molar refractivity (Wildman–Crippen MR) is 67.7 cm³/mol. The summed E-state index contributed by atoms with van der Waals surface area (Å²) in [7, 11) is 1.25. The Morgan fingerprint density at radius 3 is 2.63 bits per heavy atom. The lowest BCUT2D eigenvalue weighted by molar-refractivity contribution is -0.479. The first-order chi connectivity index (χ1) is 8.93. The molecule has 102 valence electrons. The summed E-state index contributed by atoms with van der Waals surface area (Å²) in [5, 5.41) is 13.0. The van der Waals surface area contributed by atoms with Crippen molar-refractivity contribution >= 4 is 17.6 Å². The van der Waals surface area contributed by atoms with Crippen LogP contribution in [-0.4, -0.2) is 30.5 Å². The number of methoxy groups -OCH3 is 1. The van der Waals surface area contributed by atoms with Crippen molar-refractivity contribution in [3.8, 4) is 0 Å². The van der Waals surface area contributed by atoms with E-state index in [-0.39, 0.29) is 24.4 Å². The molecule has 19 heavy (non-hydrogen) atoms. The molecule has 7 heteroatoms. The first-order valence-corrected chi connectivity index (χ1v) is 5.54. The molecule has 0 bridgehead atoms. The molecule has 0 aliphatic heterocycles. The summed E-state index contributed by atoms with van der Waals surface area (Å²) in [6.45, 7) is 1.06. The van der Waals surface area contributed by atoms with Gasteiger partial charge in [0.1, 0.15) is 0 Å². The lowest BCUT2D eigenvalue weighted by atomic mass is 10.1. The largest absolute Gasteiger partial charge is 0.465 e. The predicted octanol–water partition coefficient (Wildman–Crippen LogP) is 1.25. The maximum Gasteiger partial charge on any atom is 0.337 e. The number of carbonyl (C=O) groups is 2. The van der Waals surface area contributed by atoms with Crippen molar-refractivity contribution in [1.29, 1.82) is 0 Å². The fraction of sp³-hybridized carbons (Fsp3) is 0.333. The van der Waals surface area contributed by atoms with Crippen LogP contribution in [0, 0.1) is 10.1 Å². The Balaban J connectivity index is 3.06. The minimum absolute atomic E-state index is 0.118. The third-order valence-electron chi connectivity index (χ3n) is 2.40. The van der Waals surface area contributed by atoms with Crippen molar-refractivity contribution in [2.45, 2.75) is 13.3 Å². The number of nitro groups is 1. The number of ether oxygens (including phenoxy) is 1. The van der Waals surface area contributed by atoms with Crippen molar-refractivity contribution in [3.05, 3.63) is 39.4 Å². The van der Waals surface area contributed by atoms with Crippen LogP contribution in [0.2, 0.25) is 0 Å². The topological polar surface area (TPSA) is 98.5 Å².